The molecule has 1 aliphatic carbocycles. The maximum atomic E-state index is 13.6. The van der Waals surface area contributed by atoms with Crippen molar-refractivity contribution in [1.29, 1.82) is 0 Å². The molecule has 0 fully saturated rings. The quantitative estimate of drug-likeness (QED) is 0.611. The molecule has 0 saturated carbocycles. The van der Waals surface area contributed by atoms with Crippen LogP contribution in [0.15, 0.2) is 86.8 Å². The van der Waals surface area contributed by atoms with Crippen molar-refractivity contribution in [2.45, 2.75) is 41.5 Å². The number of hydrogen-bond donors (Lipinski definition) is 0. The third-order valence-electron chi connectivity index (χ3n) is 5.46. The van der Waals surface area contributed by atoms with Crippen molar-refractivity contribution < 1.29 is 14.0 Å². The Labute approximate surface area is 188 Å². The van der Waals surface area contributed by atoms with Crippen LogP contribution in [0.3, 0.4) is 0 Å². The molecule has 2 aromatic rings. The van der Waals surface area contributed by atoms with Gasteiger partial charge in [0.05, 0.1) is 11.8 Å². The lowest BCUT2D eigenvalue weighted by Crippen LogP contribution is -2.29. The topological polar surface area (TPSA) is 75.8 Å². The minimum atomic E-state index is -0.391. The summed E-state index contributed by atoms with van der Waals surface area (Å²) in [7, 11) is 0. The van der Waals surface area contributed by atoms with Gasteiger partial charge in [-0.05, 0) is 52.8 Å². The molecule has 0 radical (unpaired) electrons. The predicted molar refractivity (Wildman–Crippen MR) is 124 cm³/mol. The molecule has 2 aromatic heterocycles. The smallest absolute Gasteiger partial charge is 0.283 e. The number of carbonyl (C=O) groups is 2. The molecule has 0 aromatic carbocycles. The number of pyridine rings is 1. The van der Waals surface area contributed by atoms with Gasteiger partial charge in [-0.3, -0.25) is 9.59 Å². The van der Waals surface area contributed by atoms with E-state index in [1.165, 1.54) is 5.01 Å². The molecule has 0 N–H and O–H groups in total. The zero-order valence-corrected chi connectivity index (χ0v) is 19.3. The van der Waals surface area contributed by atoms with Gasteiger partial charge in [0.1, 0.15) is 5.71 Å². The van der Waals surface area contributed by atoms with Crippen LogP contribution in [0.1, 0.15) is 47.3 Å². The second kappa shape index (κ2) is 7.55. The highest BCUT2D eigenvalue weighted by Gasteiger charge is 2.39. The van der Waals surface area contributed by atoms with Gasteiger partial charge in [0.15, 0.2) is 17.4 Å². The summed E-state index contributed by atoms with van der Waals surface area (Å²) < 4.78 is 5.61. The third kappa shape index (κ3) is 3.77. The summed E-state index contributed by atoms with van der Waals surface area (Å²) in [6, 6.07) is 8.84. The molecule has 32 heavy (non-hydrogen) atoms. The molecule has 0 saturated heterocycles. The number of ketones is 1. The number of furan rings is 1. The first kappa shape index (κ1) is 21.7. The Morgan fingerprint density at radius 1 is 0.875 bits per heavy atom. The van der Waals surface area contributed by atoms with Gasteiger partial charge in [-0.15, -0.1) is 0 Å². The minimum Gasteiger partial charge on any atom is -0.463 e. The van der Waals surface area contributed by atoms with Gasteiger partial charge in [0, 0.05) is 17.3 Å². The first-order valence-electron chi connectivity index (χ1n) is 10.6. The molecule has 0 unspecified atom stereocenters. The molecule has 1 aliphatic heterocycles. The summed E-state index contributed by atoms with van der Waals surface area (Å²) >= 11 is 0. The zero-order valence-electron chi connectivity index (χ0n) is 19.3. The Morgan fingerprint density at radius 3 is 2.03 bits per heavy atom. The first-order valence-corrected chi connectivity index (χ1v) is 10.6. The highest BCUT2D eigenvalue weighted by molar-refractivity contribution is 6.35. The number of hydrazone groups is 1. The van der Waals surface area contributed by atoms with E-state index in [1.807, 2.05) is 53.7 Å². The lowest BCUT2D eigenvalue weighted by molar-refractivity contribution is -0.115. The van der Waals surface area contributed by atoms with Gasteiger partial charge in [-0.1, -0.05) is 47.6 Å². The summed E-state index contributed by atoms with van der Waals surface area (Å²) in [6.45, 7) is 12.0. The van der Waals surface area contributed by atoms with Crippen LogP contribution < -0.4 is 5.01 Å². The molecule has 164 valence electrons. The maximum absolute atomic E-state index is 13.6. The molecular weight excluding hydrogens is 402 g/mol. The van der Waals surface area contributed by atoms with Crippen LogP contribution in [0, 0.1) is 10.8 Å². The number of nitrogens with zero attached hydrogens (tertiary/aromatic N) is 3. The van der Waals surface area contributed by atoms with Crippen molar-refractivity contribution in [3.8, 4) is 0 Å². The van der Waals surface area contributed by atoms with Crippen LogP contribution in [-0.4, -0.2) is 22.4 Å². The summed E-state index contributed by atoms with van der Waals surface area (Å²) in [6.07, 6.45) is 6.81. The Bertz CT molecular complexity index is 1160. The van der Waals surface area contributed by atoms with E-state index in [0.29, 0.717) is 39.6 Å². The number of hydrogen-bond acceptors (Lipinski definition) is 5. The standard InChI is InChI=1S/C26H27N3O3/c1-25(2,3)17-14-16(15-18(23(17)30)26(4,5)6)21-22(19-10-9-13-32-19)28-29(24(21)31)20-11-7-8-12-27-20/h7-15H,1-6H3. The summed E-state index contributed by atoms with van der Waals surface area (Å²) in [5.41, 5.74) is 2.00. The Hall–Kier alpha value is -3.54. The van der Waals surface area contributed by atoms with Gasteiger partial charge in [0.2, 0.25) is 0 Å². The predicted octanol–water partition coefficient (Wildman–Crippen LogP) is 5.25. The first-order chi connectivity index (χ1) is 15.0. The second-order valence-electron chi connectivity index (χ2n) is 10.0. The molecule has 6 heteroatoms. The van der Waals surface area contributed by atoms with Crippen LogP contribution >= 0.6 is 0 Å². The van der Waals surface area contributed by atoms with Crippen molar-refractivity contribution in [3.05, 3.63) is 83.0 Å². The summed E-state index contributed by atoms with van der Waals surface area (Å²) in [5, 5.41) is 5.86. The molecule has 2 aliphatic rings. The van der Waals surface area contributed by atoms with E-state index in [1.54, 1.807) is 42.8 Å². The van der Waals surface area contributed by atoms with Crippen molar-refractivity contribution in [2.24, 2.45) is 15.9 Å². The fraction of sp³-hybridized carbons (Fsp3) is 0.308. The molecule has 0 bridgehead atoms. The van der Waals surface area contributed by atoms with E-state index in [0.717, 1.165) is 0 Å². The number of anilines is 1. The number of Topliss-reactive ketones (excluding diaryl/α,β-unsaturated/α-hetero) is 1. The van der Waals surface area contributed by atoms with Crippen molar-refractivity contribution >= 4 is 23.2 Å². The van der Waals surface area contributed by atoms with E-state index in [-0.39, 0.29) is 11.7 Å². The highest BCUT2D eigenvalue weighted by Crippen LogP contribution is 2.40. The third-order valence-corrected chi connectivity index (χ3v) is 5.46. The Morgan fingerprint density at radius 2 is 1.53 bits per heavy atom. The van der Waals surface area contributed by atoms with Gasteiger partial charge >= 0.3 is 0 Å². The van der Waals surface area contributed by atoms with E-state index >= 15 is 0 Å². The number of allylic oxidation sites excluding steroid dienone is 5. The normalized spacial score (nSPS) is 17.6. The van der Waals surface area contributed by atoms with Gasteiger partial charge in [0.25, 0.3) is 5.91 Å². The van der Waals surface area contributed by atoms with Gasteiger partial charge in [-0.2, -0.15) is 10.1 Å². The fourth-order valence-electron chi connectivity index (χ4n) is 3.77. The molecule has 1 amide bonds. The molecular formula is C26H27N3O3. The van der Waals surface area contributed by atoms with Gasteiger partial charge in [-0.25, -0.2) is 4.98 Å². The largest absolute Gasteiger partial charge is 0.463 e. The zero-order chi connectivity index (χ0) is 23.3. The Balaban J connectivity index is 1.98. The van der Waals surface area contributed by atoms with E-state index in [4.69, 9.17) is 4.42 Å². The van der Waals surface area contributed by atoms with Crippen LogP contribution in [0.4, 0.5) is 5.82 Å². The fourth-order valence-corrected chi connectivity index (χ4v) is 3.77. The molecule has 0 atom stereocenters. The lowest BCUT2D eigenvalue weighted by atomic mass is 9.71. The highest BCUT2D eigenvalue weighted by atomic mass is 16.3. The maximum Gasteiger partial charge on any atom is 0.283 e. The van der Waals surface area contributed by atoms with Crippen molar-refractivity contribution in [3.63, 3.8) is 0 Å². The van der Waals surface area contributed by atoms with E-state index < -0.39 is 10.8 Å². The molecule has 0 spiro atoms. The van der Waals surface area contributed by atoms with Gasteiger partial charge < -0.3 is 4.42 Å². The van der Waals surface area contributed by atoms with Crippen LogP contribution in [-0.2, 0) is 9.59 Å². The second-order valence-corrected chi connectivity index (χ2v) is 10.0. The average molecular weight is 430 g/mol. The monoisotopic (exact) mass is 429 g/mol. The summed E-state index contributed by atoms with van der Waals surface area (Å²) in [4.78, 5) is 31.3. The van der Waals surface area contributed by atoms with Crippen molar-refractivity contribution in [2.75, 3.05) is 5.01 Å². The molecule has 3 heterocycles. The van der Waals surface area contributed by atoms with E-state index in [9.17, 15) is 9.59 Å². The van der Waals surface area contributed by atoms with Crippen molar-refractivity contribution in [1.82, 2.24) is 4.98 Å². The van der Waals surface area contributed by atoms with Crippen LogP contribution in [0.2, 0.25) is 0 Å². The average Bonchev–Trinajstić information content (AvgIpc) is 3.35. The Kier molecular flexibility index (Phi) is 5.12. The number of carbonyl (C=O) groups excluding carboxylic acids is 2. The number of aromatic nitrogens is 1. The lowest BCUT2D eigenvalue weighted by Gasteiger charge is -2.31. The SMILES string of the molecule is CC(C)(C)C1=CC(=C2C(=O)N(c3ccccn3)N=C2c2ccco2)C=C(C(C)(C)C)C1=O. The van der Waals surface area contributed by atoms with E-state index in [2.05, 4.69) is 10.1 Å². The molecule has 4 rings (SSSR count). The van der Waals surface area contributed by atoms with Crippen LogP contribution in [0.5, 0.6) is 0 Å². The van der Waals surface area contributed by atoms with Crippen LogP contribution in [0.25, 0.3) is 0 Å². The number of amides is 1. The minimum absolute atomic E-state index is 0.0119. The number of rotatable bonds is 2. The summed E-state index contributed by atoms with van der Waals surface area (Å²) in [5.74, 6) is 0.600. The molecule has 6 nitrogen and oxygen atoms in total.